The minimum Gasteiger partial charge on any atom is -0.265 e. The molecule has 4 nitrogen and oxygen atoms in total. The number of sulfonamides is 1. The van der Waals surface area contributed by atoms with Gasteiger partial charge in [-0.1, -0.05) is 17.7 Å². The summed E-state index contributed by atoms with van der Waals surface area (Å²) >= 11 is 0. The molecule has 0 unspecified atom stereocenters. The van der Waals surface area contributed by atoms with Gasteiger partial charge in [0, 0.05) is 18.9 Å². The highest BCUT2D eigenvalue weighted by Crippen LogP contribution is 2.36. The minimum absolute atomic E-state index is 0.0840. The largest absolute Gasteiger partial charge is 0.265 e. The van der Waals surface area contributed by atoms with Gasteiger partial charge in [-0.15, -0.1) is 0 Å². The Hall–Kier alpha value is -1.72. The van der Waals surface area contributed by atoms with Crippen LogP contribution in [-0.4, -0.2) is 24.3 Å². The molecule has 1 aliphatic rings. The fraction of sp³-hybridized carbons (Fsp3) is 0.312. The number of aromatic nitrogens is 1. The molecule has 1 aromatic carbocycles. The fourth-order valence-electron chi connectivity index (χ4n) is 2.79. The van der Waals surface area contributed by atoms with Gasteiger partial charge in [-0.2, -0.15) is 4.31 Å². The molecule has 0 aliphatic carbocycles. The van der Waals surface area contributed by atoms with Gasteiger partial charge in [-0.05, 0) is 49.6 Å². The number of benzene rings is 1. The van der Waals surface area contributed by atoms with E-state index in [0.717, 1.165) is 24.0 Å². The Morgan fingerprint density at radius 1 is 1.10 bits per heavy atom. The average Bonchev–Trinajstić information content (AvgIpc) is 2.99. The quantitative estimate of drug-likeness (QED) is 0.876. The molecule has 1 aliphatic heterocycles. The van der Waals surface area contributed by atoms with Crippen molar-refractivity contribution in [3.8, 4) is 0 Å². The molecule has 1 aromatic heterocycles. The van der Waals surface area contributed by atoms with Crippen molar-refractivity contribution in [2.45, 2.75) is 30.7 Å². The molecule has 0 amide bonds. The molecule has 5 heteroatoms. The van der Waals surface area contributed by atoms with Crippen LogP contribution < -0.4 is 0 Å². The maximum absolute atomic E-state index is 12.8. The van der Waals surface area contributed by atoms with Crippen LogP contribution in [0.2, 0.25) is 0 Å². The van der Waals surface area contributed by atoms with Gasteiger partial charge >= 0.3 is 0 Å². The summed E-state index contributed by atoms with van der Waals surface area (Å²) in [7, 11) is -3.44. The lowest BCUT2D eigenvalue weighted by molar-refractivity contribution is 0.396. The third-order valence-electron chi connectivity index (χ3n) is 3.92. The summed E-state index contributed by atoms with van der Waals surface area (Å²) in [6.45, 7) is 2.52. The predicted molar refractivity (Wildman–Crippen MR) is 81.3 cm³/mol. The van der Waals surface area contributed by atoms with Crippen molar-refractivity contribution in [2.75, 3.05) is 6.54 Å². The van der Waals surface area contributed by atoms with Crippen LogP contribution in [0.3, 0.4) is 0 Å². The Morgan fingerprint density at radius 3 is 2.43 bits per heavy atom. The SMILES string of the molecule is Cc1ccc(S(=O)(=O)N2CCC[C@H]2c2ccncc2)cc1. The minimum atomic E-state index is -3.44. The summed E-state index contributed by atoms with van der Waals surface area (Å²) in [4.78, 5) is 4.37. The monoisotopic (exact) mass is 302 g/mol. The summed E-state index contributed by atoms with van der Waals surface area (Å²) in [5.74, 6) is 0. The summed E-state index contributed by atoms with van der Waals surface area (Å²) in [6.07, 6.45) is 5.17. The van der Waals surface area contributed by atoms with Crippen molar-refractivity contribution in [1.82, 2.24) is 9.29 Å². The molecule has 110 valence electrons. The van der Waals surface area contributed by atoms with E-state index in [0.29, 0.717) is 11.4 Å². The Morgan fingerprint density at radius 2 is 1.76 bits per heavy atom. The summed E-state index contributed by atoms with van der Waals surface area (Å²) < 4.78 is 27.3. The van der Waals surface area contributed by atoms with Crippen LogP contribution in [0.4, 0.5) is 0 Å². The van der Waals surface area contributed by atoms with E-state index in [4.69, 9.17) is 0 Å². The second-order valence-corrected chi connectivity index (χ2v) is 7.26. The van der Waals surface area contributed by atoms with Crippen LogP contribution in [0, 0.1) is 6.92 Å². The molecule has 3 rings (SSSR count). The van der Waals surface area contributed by atoms with E-state index < -0.39 is 10.0 Å². The highest BCUT2D eigenvalue weighted by Gasteiger charge is 2.35. The molecule has 0 bridgehead atoms. The van der Waals surface area contributed by atoms with E-state index in [1.54, 1.807) is 28.8 Å². The molecular weight excluding hydrogens is 284 g/mol. The van der Waals surface area contributed by atoms with Gasteiger partial charge in [0.2, 0.25) is 10.0 Å². The smallest absolute Gasteiger partial charge is 0.243 e. The van der Waals surface area contributed by atoms with Gasteiger partial charge in [0.05, 0.1) is 10.9 Å². The van der Waals surface area contributed by atoms with E-state index in [1.807, 2.05) is 31.2 Å². The van der Waals surface area contributed by atoms with Crippen molar-refractivity contribution < 1.29 is 8.42 Å². The topological polar surface area (TPSA) is 50.3 Å². The molecule has 0 saturated carbocycles. The van der Waals surface area contributed by atoms with Crippen molar-refractivity contribution in [3.63, 3.8) is 0 Å². The van der Waals surface area contributed by atoms with Crippen molar-refractivity contribution in [3.05, 3.63) is 59.9 Å². The molecule has 1 saturated heterocycles. The molecule has 0 radical (unpaired) electrons. The first-order valence-corrected chi connectivity index (χ1v) is 8.51. The zero-order valence-corrected chi connectivity index (χ0v) is 12.8. The van der Waals surface area contributed by atoms with Crippen LogP contribution in [-0.2, 0) is 10.0 Å². The van der Waals surface area contributed by atoms with E-state index in [2.05, 4.69) is 4.98 Å². The van der Waals surface area contributed by atoms with Gasteiger partial charge in [-0.25, -0.2) is 8.42 Å². The fourth-order valence-corrected chi connectivity index (χ4v) is 4.47. The predicted octanol–water partition coefficient (Wildman–Crippen LogP) is 2.92. The number of hydrogen-bond donors (Lipinski definition) is 0. The maximum Gasteiger partial charge on any atom is 0.243 e. The molecule has 2 heterocycles. The highest BCUT2D eigenvalue weighted by molar-refractivity contribution is 7.89. The first-order valence-electron chi connectivity index (χ1n) is 7.07. The Bertz CT molecular complexity index is 712. The Kier molecular flexibility index (Phi) is 3.78. The van der Waals surface area contributed by atoms with Gasteiger partial charge in [-0.3, -0.25) is 4.98 Å². The standard InChI is InChI=1S/C16H18N2O2S/c1-13-4-6-15(7-5-13)21(19,20)18-12-2-3-16(18)14-8-10-17-11-9-14/h4-11,16H,2-3,12H2,1H3/t16-/m0/s1. The van der Waals surface area contributed by atoms with Crippen molar-refractivity contribution in [2.24, 2.45) is 0 Å². The van der Waals surface area contributed by atoms with Gasteiger partial charge in [0.15, 0.2) is 0 Å². The van der Waals surface area contributed by atoms with Crippen molar-refractivity contribution in [1.29, 1.82) is 0 Å². The lowest BCUT2D eigenvalue weighted by Crippen LogP contribution is -2.30. The van der Waals surface area contributed by atoms with Crippen molar-refractivity contribution >= 4 is 10.0 Å². The van der Waals surface area contributed by atoms with E-state index in [-0.39, 0.29) is 6.04 Å². The van der Waals surface area contributed by atoms with Crippen LogP contribution in [0.15, 0.2) is 53.7 Å². The molecule has 1 fully saturated rings. The number of rotatable bonds is 3. The maximum atomic E-state index is 12.8. The molecule has 21 heavy (non-hydrogen) atoms. The van der Waals surface area contributed by atoms with E-state index in [1.165, 1.54) is 0 Å². The second-order valence-electron chi connectivity index (χ2n) is 5.37. The first-order chi connectivity index (χ1) is 10.1. The number of nitrogens with zero attached hydrogens (tertiary/aromatic N) is 2. The first kappa shape index (κ1) is 14.2. The van der Waals surface area contributed by atoms with Gasteiger partial charge in [0.25, 0.3) is 0 Å². The Balaban J connectivity index is 1.96. The molecule has 0 spiro atoms. The molecule has 2 aromatic rings. The average molecular weight is 302 g/mol. The molecule has 0 N–H and O–H groups in total. The van der Waals surface area contributed by atoms with Gasteiger partial charge < -0.3 is 0 Å². The normalized spacial score (nSPS) is 19.8. The third-order valence-corrected chi connectivity index (χ3v) is 5.84. The summed E-state index contributed by atoms with van der Waals surface area (Å²) in [5, 5.41) is 0. The molecule has 1 atom stereocenters. The lowest BCUT2D eigenvalue weighted by atomic mass is 10.1. The Labute approximate surface area is 125 Å². The van der Waals surface area contributed by atoms with Crippen LogP contribution in [0.25, 0.3) is 0 Å². The number of pyridine rings is 1. The van der Waals surface area contributed by atoms with Crippen LogP contribution in [0.5, 0.6) is 0 Å². The third kappa shape index (κ3) is 2.71. The zero-order chi connectivity index (χ0) is 14.9. The lowest BCUT2D eigenvalue weighted by Gasteiger charge is -2.24. The summed E-state index contributed by atoms with van der Waals surface area (Å²) in [6, 6.07) is 10.8. The number of aryl methyl sites for hydroxylation is 1. The second kappa shape index (κ2) is 5.58. The van der Waals surface area contributed by atoms with Gasteiger partial charge in [0.1, 0.15) is 0 Å². The van der Waals surface area contributed by atoms with Crippen LogP contribution >= 0.6 is 0 Å². The highest BCUT2D eigenvalue weighted by atomic mass is 32.2. The number of hydrogen-bond acceptors (Lipinski definition) is 3. The van der Waals surface area contributed by atoms with E-state index >= 15 is 0 Å². The molecular formula is C16H18N2O2S. The zero-order valence-electron chi connectivity index (χ0n) is 11.9. The summed E-state index contributed by atoms with van der Waals surface area (Å²) in [5.41, 5.74) is 2.07. The van der Waals surface area contributed by atoms with E-state index in [9.17, 15) is 8.42 Å². The van der Waals surface area contributed by atoms with Crippen LogP contribution in [0.1, 0.15) is 30.0 Å².